The second-order valence-electron chi connectivity index (χ2n) is 5.98. The molecule has 2 N–H and O–H groups in total. The Kier molecular flexibility index (Phi) is 8.44. The number of halogens is 2. The Labute approximate surface area is 176 Å². The summed E-state index contributed by atoms with van der Waals surface area (Å²) >= 11 is 0. The number of aliphatic imine (C=N–C) groups is 1. The summed E-state index contributed by atoms with van der Waals surface area (Å²) in [6.07, 6.45) is 2.55. The molecule has 0 saturated carbocycles. The molecule has 2 aromatic carbocycles. The number of fused-ring (bicyclic) bond motifs is 1. The lowest BCUT2D eigenvalue weighted by molar-refractivity contribution is 0.625. The van der Waals surface area contributed by atoms with Crippen molar-refractivity contribution >= 4 is 40.7 Å². The summed E-state index contributed by atoms with van der Waals surface area (Å²) in [5, 5.41) is 8.81. The lowest BCUT2D eigenvalue weighted by Gasteiger charge is -2.11. The van der Waals surface area contributed by atoms with Gasteiger partial charge in [0.25, 0.3) is 0 Å². The molecule has 0 aliphatic carbocycles. The largest absolute Gasteiger partial charge is 0.357 e. The van der Waals surface area contributed by atoms with Crippen LogP contribution in [0.4, 0.5) is 4.39 Å². The van der Waals surface area contributed by atoms with Gasteiger partial charge in [-0.2, -0.15) is 0 Å². The van der Waals surface area contributed by atoms with Crippen molar-refractivity contribution in [2.45, 2.75) is 19.9 Å². The Morgan fingerprint density at radius 2 is 1.93 bits per heavy atom. The molecule has 3 aromatic rings. The Morgan fingerprint density at radius 3 is 2.74 bits per heavy atom. The van der Waals surface area contributed by atoms with Gasteiger partial charge in [0.05, 0.1) is 12.2 Å². The minimum absolute atomic E-state index is 0. The molecule has 6 heteroatoms. The average Bonchev–Trinajstić information content (AvgIpc) is 2.66. The monoisotopic (exact) mass is 478 g/mol. The molecule has 0 spiro atoms. The molecular weight excluding hydrogens is 454 g/mol. The van der Waals surface area contributed by atoms with E-state index in [1.165, 1.54) is 6.07 Å². The molecule has 3 rings (SSSR count). The van der Waals surface area contributed by atoms with Gasteiger partial charge in [0.2, 0.25) is 0 Å². The predicted octanol–water partition coefficient (Wildman–Crippen LogP) is 4.29. The second-order valence-corrected chi connectivity index (χ2v) is 5.98. The number of nitrogens with zero attached hydrogens (tertiary/aromatic N) is 2. The van der Waals surface area contributed by atoms with Crippen LogP contribution < -0.4 is 10.6 Å². The van der Waals surface area contributed by atoms with Crippen molar-refractivity contribution in [3.63, 3.8) is 0 Å². The molecule has 0 unspecified atom stereocenters. The van der Waals surface area contributed by atoms with Crippen molar-refractivity contribution in [1.82, 2.24) is 15.6 Å². The number of hydrogen-bond acceptors (Lipinski definition) is 2. The van der Waals surface area contributed by atoms with E-state index in [-0.39, 0.29) is 29.8 Å². The third kappa shape index (κ3) is 6.16. The van der Waals surface area contributed by atoms with E-state index in [1.807, 2.05) is 37.4 Å². The van der Waals surface area contributed by atoms with Crippen LogP contribution in [0.3, 0.4) is 0 Å². The lowest BCUT2D eigenvalue weighted by Crippen LogP contribution is -2.38. The minimum Gasteiger partial charge on any atom is -0.357 e. The molecule has 27 heavy (non-hydrogen) atoms. The zero-order valence-corrected chi connectivity index (χ0v) is 17.6. The van der Waals surface area contributed by atoms with Crippen LogP contribution in [0, 0.1) is 5.82 Å². The van der Waals surface area contributed by atoms with Gasteiger partial charge < -0.3 is 10.6 Å². The SMILES string of the molecule is CCNC(=NCc1nccc2ccccc12)NCCc1cccc(F)c1.I. The van der Waals surface area contributed by atoms with Crippen molar-refractivity contribution in [3.05, 3.63) is 77.9 Å². The summed E-state index contributed by atoms with van der Waals surface area (Å²) in [7, 11) is 0. The zero-order chi connectivity index (χ0) is 18.2. The number of nitrogens with one attached hydrogen (secondary N) is 2. The number of benzene rings is 2. The van der Waals surface area contributed by atoms with Gasteiger partial charge in [-0.05, 0) is 42.5 Å². The van der Waals surface area contributed by atoms with Gasteiger partial charge >= 0.3 is 0 Å². The fraction of sp³-hybridized carbons (Fsp3) is 0.238. The van der Waals surface area contributed by atoms with Gasteiger partial charge in [-0.25, -0.2) is 9.38 Å². The topological polar surface area (TPSA) is 49.3 Å². The van der Waals surface area contributed by atoms with E-state index >= 15 is 0 Å². The standard InChI is InChI=1S/C21H23FN4.HI/c1-2-23-21(25-12-10-16-6-5-8-18(22)14-16)26-15-20-19-9-4-3-7-17(19)11-13-24-20;/h3-9,11,13-14H,2,10,12,15H2,1H3,(H2,23,25,26);1H. The fourth-order valence-corrected chi connectivity index (χ4v) is 2.82. The molecule has 142 valence electrons. The van der Waals surface area contributed by atoms with Crippen LogP contribution in [-0.2, 0) is 13.0 Å². The van der Waals surface area contributed by atoms with Crippen LogP contribution >= 0.6 is 24.0 Å². The van der Waals surface area contributed by atoms with E-state index in [9.17, 15) is 4.39 Å². The highest BCUT2D eigenvalue weighted by Crippen LogP contribution is 2.16. The minimum atomic E-state index is -0.204. The van der Waals surface area contributed by atoms with Crippen LogP contribution in [0.15, 0.2) is 65.8 Å². The third-order valence-electron chi connectivity index (χ3n) is 4.08. The quantitative estimate of drug-likeness (QED) is 0.316. The summed E-state index contributed by atoms with van der Waals surface area (Å²) in [5.41, 5.74) is 1.91. The van der Waals surface area contributed by atoms with Crippen LogP contribution in [0.5, 0.6) is 0 Å². The second kappa shape index (κ2) is 10.8. The number of rotatable bonds is 6. The molecule has 0 bridgehead atoms. The zero-order valence-electron chi connectivity index (χ0n) is 15.3. The molecule has 0 atom stereocenters. The van der Waals surface area contributed by atoms with Crippen molar-refractivity contribution in [3.8, 4) is 0 Å². The first kappa shape index (κ1) is 21.1. The van der Waals surface area contributed by atoms with Crippen LogP contribution in [0.1, 0.15) is 18.2 Å². The highest BCUT2D eigenvalue weighted by Gasteiger charge is 2.03. The van der Waals surface area contributed by atoms with Crippen LogP contribution in [0.2, 0.25) is 0 Å². The molecule has 1 aromatic heterocycles. The Hall–Kier alpha value is -2.22. The molecule has 0 saturated heterocycles. The Bertz CT molecular complexity index is 893. The van der Waals surface area contributed by atoms with Gasteiger partial charge in [0, 0.05) is 24.7 Å². The van der Waals surface area contributed by atoms with E-state index in [4.69, 9.17) is 0 Å². The van der Waals surface area contributed by atoms with E-state index in [2.05, 4.69) is 32.7 Å². The van der Waals surface area contributed by atoms with E-state index in [1.54, 1.807) is 12.1 Å². The smallest absolute Gasteiger partial charge is 0.191 e. The number of guanidine groups is 1. The average molecular weight is 478 g/mol. The maximum absolute atomic E-state index is 13.2. The van der Waals surface area contributed by atoms with Gasteiger partial charge in [0.1, 0.15) is 5.82 Å². The first-order valence-corrected chi connectivity index (χ1v) is 8.85. The van der Waals surface area contributed by atoms with Crippen molar-refractivity contribution in [1.29, 1.82) is 0 Å². The summed E-state index contributed by atoms with van der Waals surface area (Å²) in [4.78, 5) is 9.11. The van der Waals surface area contributed by atoms with E-state index in [0.717, 1.165) is 41.0 Å². The molecule has 0 radical (unpaired) electrons. The van der Waals surface area contributed by atoms with Gasteiger partial charge in [-0.3, -0.25) is 4.98 Å². The van der Waals surface area contributed by atoms with Gasteiger partial charge in [-0.15, -0.1) is 24.0 Å². The van der Waals surface area contributed by atoms with Crippen LogP contribution in [-0.4, -0.2) is 24.0 Å². The number of pyridine rings is 1. The molecule has 0 fully saturated rings. The highest BCUT2D eigenvalue weighted by molar-refractivity contribution is 14.0. The maximum Gasteiger partial charge on any atom is 0.191 e. The lowest BCUT2D eigenvalue weighted by atomic mass is 10.1. The molecule has 1 heterocycles. The summed E-state index contributed by atoms with van der Waals surface area (Å²) in [6, 6.07) is 16.9. The summed E-state index contributed by atoms with van der Waals surface area (Å²) < 4.78 is 13.2. The number of hydrogen-bond donors (Lipinski definition) is 2. The van der Waals surface area contributed by atoms with Crippen molar-refractivity contribution in [2.24, 2.45) is 4.99 Å². The summed E-state index contributed by atoms with van der Waals surface area (Å²) in [5.74, 6) is 0.531. The number of aromatic nitrogens is 1. The molecule has 4 nitrogen and oxygen atoms in total. The Morgan fingerprint density at radius 1 is 1.07 bits per heavy atom. The molecule has 0 amide bonds. The van der Waals surface area contributed by atoms with Crippen molar-refractivity contribution < 1.29 is 4.39 Å². The van der Waals surface area contributed by atoms with E-state index < -0.39 is 0 Å². The normalized spacial score (nSPS) is 11.1. The fourth-order valence-electron chi connectivity index (χ4n) is 2.82. The van der Waals surface area contributed by atoms with Gasteiger partial charge in [0.15, 0.2) is 5.96 Å². The van der Waals surface area contributed by atoms with Crippen LogP contribution in [0.25, 0.3) is 10.8 Å². The summed E-state index contributed by atoms with van der Waals surface area (Å²) in [6.45, 7) is 3.98. The van der Waals surface area contributed by atoms with E-state index in [0.29, 0.717) is 13.1 Å². The molecule has 0 aliphatic heterocycles. The maximum atomic E-state index is 13.2. The van der Waals surface area contributed by atoms with Gasteiger partial charge in [-0.1, -0.05) is 36.4 Å². The Balaban J connectivity index is 0.00000261. The molecular formula is C21H24FIN4. The predicted molar refractivity (Wildman–Crippen MR) is 120 cm³/mol. The third-order valence-corrected chi connectivity index (χ3v) is 4.08. The molecule has 0 aliphatic rings. The first-order chi connectivity index (χ1) is 12.8. The first-order valence-electron chi connectivity index (χ1n) is 8.85. The van der Waals surface area contributed by atoms with Crippen molar-refractivity contribution in [2.75, 3.05) is 13.1 Å². The highest BCUT2D eigenvalue weighted by atomic mass is 127.